The van der Waals surface area contributed by atoms with E-state index in [1.807, 2.05) is 60.7 Å². The summed E-state index contributed by atoms with van der Waals surface area (Å²) in [6.45, 7) is 1.90. The molecule has 0 heterocycles. The second-order valence-corrected chi connectivity index (χ2v) is 7.66. The van der Waals surface area contributed by atoms with Crippen molar-refractivity contribution in [2.45, 2.75) is 19.6 Å². The van der Waals surface area contributed by atoms with Crippen molar-refractivity contribution in [1.82, 2.24) is 5.32 Å². The van der Waals surface area contributed by atoms with Crippen LogP contribution in [0.5, 0.6) is 17.2 Å². The fourth-order valence-electron chi connectivity index (χ4n) is 3.11. The van der Waals surface area contributed by atoms with Gasteiger partial charge in [-0.1, -0.05) is 41.4 Å². The normalized spacial score (nSPS) is 10.7. The second-order valence-electron chi connectivity index (χ2n) is 6.79. The Kier molecular flexibility index (Phi) is 8.26. The molecule has 4 nitrogen and oxygen atoms in total. The largest absolute Gasteiger partial charge is 0.493 e. The van der Waals surface area contributed by atoms with Gasteiger partial charge in [0.15, 0.2) is 11.5 Å². The van der Waals surface area contributed by atoms with Crippen molar-refractivity contribution in [3.63, 3.8) is 0 Å². The highest BCUT2D eigenvalue weighted by Crippen LogP contribution is 2.28. The molecule has 0 fully saturated rings. The van der Waals surface area contributed by atoms with Crippen LogP contribution in [-0.2, 0) is 19.6 Å². The Morgan fingerprint density at radius 2 is 1.53 bits per heavy atom. The molecule has 0 aliphatic heterocycles. The Bertz CT molecular complexity index is 978. The monoisotopic (exact) mass is 445 g/mol. The fraction of sp³-hybridized carbons (Fsp3) is 0.250. The quantitative estimate of drug-likeness (QED) is 0.393. The number of benzene rings is 3. The maximum Gasteiger partial charge on any atom is 0.160 e. The van der Waals surface area contributed by atoms with Crippen LogP contribution in [0, 0.1) is 0 Å². The van der Waals surface area contributed by atoms with Crippen LogP contribution in [0.4, 0.5) is 0 Å². The number of halogens is 2. The van der Waals surface area contributed by atoms with Gasteiger partial charge in [-0.15, -0.1) is 0 Å². The van der Waals surface area contributed by atoms with E-state index in [0.29, 0.717) is 23.2 Å². The lowest BCUT2D eigenvalue weighted by Crippen LogP contribution is -2.17. The van der Waals surface area contributed by atoms with Crippen molar-refractivity contribution in [1.29, 1.82) is 0 Å². The maximum absolute atomic E-state index is 6.20. The minimum absolute atomic E-state index is 0.445. The van der Waals surface area contributed by atoms with Gasteiger partial charge >= 0.3 is 0 Å². The molecule has 0 aromatic heterocycles. The zero-order chi connectivity index (χ0) is 21.3. The molecule has 0 radical (unpaired) electrons. The van der Waals surface area contributed by atoms with Gasteiger partial charge in [0.05, 0.1) is 14.2 Å². The summed E-state index contributed by atoms with van der Waals surface area (Å²) < 4.78 is 16.7. The highest BCUT2D eigenvalue weighted by molar-refractivity contribution is 6.30. The van der Waals surface area contributed by atoms with Crippen LogP contribution in [0.3, 0.4) is 0 Å². The summed E-state index contributed by atoms with van der Waals surface area (Å²) >= 11 is 12.3. The van der Waals surface area contributed by atoms with Crippen LogP contribution in [0.2, 0.25) is 10.0 Å². The molecule has 158 valence electrons. The van der Waals surface area contributed by atoms with Gasteiger partial charge in [-0.2, -0.15) is 0 Å². The van der Waals surface area contributed by atoms with E-state index in [2.05, 4.69) is 5.32 Å². The minimum Gasteiger partial charge on any atom is -0.493 e. The summed E-state index contributed by atoms with van der Waals surface area (Å²) in [7, 11) is 3.28. The van der Waals surface area contributed by atoms with E-state index in [-0.39, 0.29) is 0 Å². The molecule has 0 saturated heterocycles. The van der Waals surface area contributed by atoms with Gasteiger partial charge in [0, 0.05) is 22.2 Å². The third-order valence-electron chi connectivity index (χ3n) is 4.66. The first-order valence-corrected chi connectivity index (χ1v) is 10.4. The average Bonchev–Trinajstić information content (AvgIpc) is 2.76. The van der Waals surface area contributed by atoms with Crippen molar-refractivity contribution in [2.75, 3.05) is 20.8 Å². The molecular weight excluding hydrogens is 421 g/mol. The second kappa shape index (κ2) is 11.1. The fourth-order valence-corrected chi connectivity index (χ4v) is 3.51. The Hall–Kier alpha value is -2.40. The van der Waals surface area contributed by atoms with E-state index in [9.17, 15) is 0 Å². The Morgan fingerprint density at radius 1 is 0.767 bits per heavy atom. The minimum atomic E-state index is 0.445. The number of methoxy groups -OCH3 is 2. The topological polar surface area (TPSA) is 39.7 Å². The predicted molar refractivity (Wildman–Crippen MR) is 122 cm³/mol. The van der Waals surface area contributed by atoms with E-state index in [1.54, 1.807) is 14.2 Å². The molecule has 0 spiro atoms. The summed E-state index contributed by atoms with van der Waals surface area (Å²) in [6.07, 6.45) is 0.861. The summed E-state index contributed by atoms with van der Waals surface area (Å²) in [6, 6.07) is 19.3. The molecule has 0 bridgehead atoms. The van der Waals surface area contributed by atoms with E-state index in [4.69, 9.17) is 37.4 Å². The molecular formula is C24H25Cl2NO3. The number of ether oxygens (including phenoxy) is 3. The van der Waals surface area contributed by atoms with Crippen LogP contribution >= 0.6 is 23.2 Å². The van der Waals surface area contributed by atoms with Gasteiger partial charge in [-0.05, 0) is 66.6 Å². The molecule has 1 N–H and O–H groups in total. The molecule has 0 aliphatic rings. The molecule has 0 atom stereocenters. The Balaban J connectivity index is 1.56. The van der Waals surface area contributed by atoms with Crippen molar-refractivity contribution in [2.24, 2.45) is 0 Å². The van der Waals surface area contributed by atoms with E-state index in [0.717, 1.165) is 41.3 Å². The molecule has 30 heavy (non-hydrogen) atoms. The number of hydrogen-bond donors (Lipinski definition) is 1. The lowest BCUT2D eigenvalue weighted by Gasteiger charge is -2.14. The smallest absolute Gasteiger partial charge is 0.160 e. The number of hydrogen-bond acceptors (Lipinski definition) is 4. The lowest BCUT2D eigenvalue weighted by atomic mass is 10.1. The molecule has 3 rings (SSSR count). The van der Waals surface area contributed by atoms with E-state index < -0.39 is 0 Å². The predicted octanol–water partition coefficient (Wildman–Crippen LogP) is 5.92. The Labute approximate surface area is 187 Å². The first kappa shape index (κ1) is 22.3. The van der Waals surface area contributed by atoms with Crippen molar-refractivity contribution >= 4 is 23.2 Å². The number of nitrogens with one attached hydrogen (secondary N) is 1. The molecule has 0 saturated carbocycles. The molecule has 0 unspecified atom stereocenters. The van der Waals surface area contributed by atoms with Gasteiger partial charge in [0.1, 0.15) is 12.4 Å². The maximum atomic E-state index is 6.20. The Morgan fingerprint density at radius 3 is 2.30 bits per heavy atom. The van der Waals surface area contributed by atoms with Gasteiger partial charge in [-0.3, -0.25) is 0 Å². The van der Waals surface area contributed by atoms with Gasteiger partial charge in [0.25, 0.3) is 0 Å². The van der Waals surface area contributed by atoms with Crippen LogP contribution in [0.1, 0.15) is 16.7 Å². The molecule has 0 aliphatic carbocycles. The first-order chi connectivity index (χ1) is 14.6. The third-order valence-corrected chi connectivity index (χ3v) is 5.13. The van der Waals surface area contributed by atoms with Gasteiger partial charge in [-0.25, -0.2) is 0 Å². The third kappa shape index (κ3) is 6.30. The summed E-state index contributed by atoms with van der Waals surface area (Å²) in [4.78, 5) is 0. The van der Waals surface area contributed by atoms with Crippen LogP contribution in [0.25, 0.3) is 0 Å². The van der Waals surface area contributed by atoms with Gasteiger partial charge < -0.3 is 19.5 Å². The van der Waals surface area contributed by atoms with Crippen LogP contribution < -0.4 is 19.5 Å². The zero-order valence-electron chi connectivity index (χ0n) is 17.1. The summed E-state index contributed by atoms with van der Waals surface area (Å²) in [5.74, 6) is 2.27. The average molecular weight is 446 g/mol. The highest BCUT2D eigenvalue weighted by Gasteiger charge is 2.07. The molecule has 3 aromatic carbocycles. The first-order valence-electron chi connectivity index (χ1n) is 9.66. The summed E-state index contributed by atoms with van der Waals surface area (Å²) in [5.41, 5.74) is 3.20. The van der Waals surface area contributed by atoms with Crippen LogP contribution in [0.15, 0.2) is 60.7 Å². The van der Waals surface area contributed by atoms with Gasteiger partial charge in [0.2, 0.25) is 0 Å². The molecule has 3 aromatic rings. The van der Waals surface area contributed by atoms with E-state index >= 15 is 0 Å². The standard InChI is InChI=1S/C24H25Cl2NO3/c1-28-23-8-6-17(13-24(23)29-2)10-11-27-15-19-14-21(26)7-9-22(19)30-16-18-4-3-5-20(25)12-18/h3-9,12-14,27H,10-11,15-16H2,1-2H3. The SMILES string of the molecule is COc1ccc(CCNCc2cc(Cl)ccc2OCc2cccc(Cl)c2)cc1OC. The summed E-state index contributed by atoms with van der Waals surface area (Å²) in [5, 5.41) is 4.84. The van der Waals surface area contributed by atoms with Crippen molar-refractivity contribution in [3.05, 3.63) is 87.4 Å². The van der Waals surface area contributed by atoms with Crippen LogP contribution in [-0.4, -0.2) is 20.8 Å². The molecule has 6 heteroatoms. The highest BCUT2D eigenvalue weighted by atomic mass is 35.5. The van der Waals surface area contributed by atoms with Crippen molar-refractivity contribution < 1.29 is 14.2 Å². The molecule has 0 amide bonds. The number of rotatable bonds is 10. The van der Waals surface area contributed by atoms with E-state index in [1.165, 1.54) is 5.56 Å². The zero-order valence-corrected chi connectivity index (χ0v) is 18.6. The van der Waals surface area contributed by atoms with Crippen molar-refractivity contribution in [3.8, 4) is 17.2 Å². The lowest BCUT2D eigenvalue weighted by molar-refractivity contribution is 0.302.